The molecule has 0 amide bonds. The molecule has 9 heteroatoms. The van der Waals surface area contributed by atoms with Gasteiger partial charge in [0.05, 0.1) is 24.0 Å². The number of hydrogen-bond donors (Lipinski definition) is 1. The summed E-state index contributed by atoms with van der Waals surface area (Å²) in [7, 11) is -3.69. The minimum atomic E-state index is -3.69. The maximum atomic E-state index is 12.2. The van der Waals surface area contributed by atoms with Crippen LogP contribution in [0.3, 0.4) is 0 Å². The van der Waals surface area contributed by atoms with Crippen molar-refractivity contribution in [3.8, 4) is 0 Å². The first-order valence-corrected chi connectivity index (χ1v) is 9.37. The van der Waals surface area contributed by atoms with E-state index in [1.807, 2.05) is 0 Å². The predicted molar refractivity (Wildman–Crippen MR) is 87.0 cm³/mol. The molecule has 0 aliphatic rings. The summed E-state index contributed by atoms with van der Waals surface area (Å²) in [6.07, 6.45) is 0. The molecule has 0 saturated carbocycles. The Bertz CT molecular complexity index is 712. The van der Waals surface area contributed by atoms with Crippen molar-refractivity contribution in [3.63, 3.8) is 0 Å². The quantitative estimate of drug-likeness (QED) is 0.661. The number of sulfonamides is 1. The highest BCUT2D eigenvalue weighted by atomic mass is 79.9. The second-order valence-corrected chi connectivity index (χ2v) is 9.28. The summed E-state index contributed by atoms with van der Waals surface area (Å²) < 4.78 is 28.0. The molecule has 1 heterocycles. The highest BCUT2D eigenvalue weighted by molar-refractivity contribution is 9.11. The molecule has 102 valence electrons. The number of rotatable bonds is 3. The highest BCUT2D eigenvalue weighted by Gasteiger charge is 2.20. The van der Waals surface area contributed by atoms with Crippen LogP contribution < -0.4 is 4.72 Å². The lowest BCUT2D eigenvalue weighted by molar-refractivity contribution is 0.603. The van der Waals surface area contributed by atoms with E-state index >= 15 is 0 Å². The number of thiophene rings is 1. The van der Waals surface area contributed by atoms with Crippen LogP contribution in [-0.2, 0) is 10.0 Å². The van der Waals surface area contributed by atoms with Crippen LogP contribution >= 0.6 is 66.4 Å². The van der Waals surface area contributed by atoms with E-state index in [1.54, 1.807) is 18.2 Å². The summed E-state index contributed by atoms with van der Waals surface area (Å²) in [6, 6.07) is 6.30. The van der Waals surface area contributed by atoms with Gasteiger partial charge in [0.1, 0.15) is 4.21 Å². The third-order valence-corrected chi connectivity index (χ3v) is 7.79. The van der Waals surface area contributed by atoms with E-state index in [4.69, 9.17) is 23.2 Å². The number of halogens is 4. The fourth-order valence-corrected chi connectivity index (χ4v) is 5.38. The van der Waals surface area contributed by atoms with Crippen molar-refractivity contribution in [2.45, 2.75) is 4.21 Å². The van der Waals surface area contributed by atoms with Crippen LogP contribution in [0.2, 0.25) is 10.0 Å². The Balaban J connectivity index is 2.39. The summed E-state index contributed by atoms with van der Waals surface area (Å²) in [5, 5.41) is 0.779. The van der Waals surface area contributed by atoms with E-state index in [-0.39, 0.29) is 4.21 Å². The SMILES string of the molecule is O=S(=O)(Nc1cccc(Cl)c1Br)c1cc(Cl)c(Br)s1. The van der Waals surface area contributed by atoms with E-state index in [0.29, 0.717) is 24.0 Å². The molecule has 0 bridgehead atoms. The van der Waals surface area contributed by atoms with Gasteiger partial charge in [-0.15, -0.1) is 11.3 Å². The zero-order valence-electron chi connectivity index (χ0n) is 8.95. The predicted octanol–water partition coefficient (Wildman–Crippen LogP) is 5.38. The maximum absolute atomic E-state index is 12.2. The summed E-state index contributed by atoms with van der Waals surface area (Å²) in [4.78, 5) is 0. The number of hydrogen-bond acceptors (Lipinski definition) is 3. The van der Waals surface area contributed by atoms with Gasteiger partial charge < -0.3 is 0 Å². The molecular weight excluding hydrogens is 461 g/mol. The summed E-state index contributed by atoms with van der Waals surface area (Å²) in [5.41, 5.74) is 0.369. The van der Waals surface area contributed by atoms with Crippen molar-refractivity contribution in [2.24, 2.45) is 0 Å². The number of benzene rings is 1. The molecular formula is C10H5Br2Cl2NO2S2. The van der Waals surface area contributed by atoms with E-state index in [2.05, 4.69) is 36.6 Å². The van der Waals surface area contributed by atoms with Crippen molar-refractivity contribution in [1.82, 2.24) is 0 Å². The van der Waals surface area contributed by atoms with Gasteiger partial charge in [0.2, 0.25) is 0 Å². The molecule has 0 unspecified atom stereocenters. The van der Waals surface area contributed by atoms with E-state index in [0.717, 1.165) is 11.3 Å². The van der Waals surface area contributed by atoms with Crippen molar-refractivity contribution >= 4 is 82.1 Å². The third kappa shape index (κ3) is 3.46. The molecule has 2 rings (SSSR count). The van der Waals surface area contributed by atoms with Gasteiger partial charge in [-0.25, -0.2) is 8.42 Å². The molecule has 0 aliphatic heterocycles. The lowest BCUT2D eigenvalue weighted by Gasteiger charge is -2.08. The Hall–Kier alpha value is 0.210. The zero-order chi connectivity index (χ0) is 14.2. The molecule has 0 aliphatic carbocycles. The molecule has 0 spiro atoms. The topological polar surface area (TPSA) is 46.2 Å². The monoisotopic (exact) mass is 463 g/mol. The minimum Gasteiger partial charge on any atom is -0.278 e. The van der Waals surface area contributed by atoms with Crippen LogP contribution in [0.25, 0.3) is 0 Å². The Morgan fingerprint density at radius 3 is 2.42 bits per heavy atom. The average molecular weight is 466 g/mol. The fourth-order valence-electron chi connectivity index (χ4n) is 1.24. The van der Waals surface area contributed by atoms with Gasteiger partial charge in [0.25, 0.3) is 10.0 Å². The number of nitrogens with one attached hydrogen (secondary N) is 1. The summed E-state index contributed by atoms with van der Waals surface area (Å²) in [5.74, 6) is 0. The standard InChI is InChI=1S/C10H5Br2Cl2NO2S2/c11-9-5(13)2-1-3-7(9)15-19(16,17)8-4-6(14)10(12)18-8/h1-4,15H. The molecule has 0 fully saturated rings. The van der Waals surface area contributed by atoms with Gasteiger partial charge in [-0.05, 0) is 50.1 Å². The van der Waals surface area contributed by atoms with Gasteiger partial charge >= 0.3 is 0 Å². The van der Waals surface area contributed by atoms with Gasteiger partial charge in [-0.1, -0.05) is 29.3 Å². The van der Waals surface area contributed by atoms with Gasteiger partial charge in [-0.2, -0.15) is 0 Å². The Labute approximate surface area is 141 Å². The normalized spacial score (nSPS) is 11.6. The number of anilines is 1. The Morgan fingerprint density at radius 1 is 1.16 bits per heavy atom. The largest absolute Gasteiger partial charge is 0.278 e. The molecule has 2 aromatic rings. The van der Waals surface area contributed by atoms with Crippen molar-refractivity contribution in [2.75, 3.05) is 4.72 Å². The third-order valence-electron chi connectivity index (χ3n) is 2.08. The molecule has 0 saturated heterocycles. The Morgan fingerprint density at radius 2 is 1.84 bits per heavy atom. The van der Waals surface area contributed by atoms with E-state index < -0.39 is 10.0 Å². The van der Waals surface area contributed by atoms with Gasteiger partial charge in [0.15, 0.2) is 0 Å². The summed E-state index contributed by atoms with van der Waals surface area (Å²) in [6.45, 7) is 0. The van der Waals surface area contributed by atoms with Gasteiger partial charge in [-0.3, -0.25) is 4.72 Å². The lowest BCUT2D eigenvalue weighted by atomic mass is 10.3. The molecule has 3 nitrogen and oxygen atoms in total. The average Bonchev–Trinajstić information content (AvgIpc) is 2.66. The van der Waals surface area contributed by atoms with Crippen LogP contribution in [0.5, 0.6) is 0 Å². The minimum absolute atomic E-state index is 0.122. The first-order valence-electron chi connectivity index (χ1n) is 4.73. The van der Waals surface area contributed by atoms with Crippen LogP contribution in [0, 0.1) is 0 Å². The maximum Gasteiger partial charge on any atom is 0.271 e. The van der Waals surface area contributed by atoms with Crippen LogP contribution in [0.1, 0.15) is 0 Å². The first-order chi connectivity index (χ1) is 8.81. The van der Waals surface area contributed by atoms with Crippen molar-refractivity contribution < 1.29 is 8.42 Å². The molecule has 1 aromatic heterocycles. The smallest absolute Gasteiger partial charge is 0.271 e. The van der Waals surface area contributed by atoms with Gasteiger partial charge in [0, 0.05) is 0 Å². The molecule has 19 heavy (non-hydrogen) atoms. The van der Waals surface area contributed by atoms with Crippen molar-refractivity contribution in [3.05, 3.63) is 42.6 Å². The van der Waals surface area contributed by atoms with Crippen LogP contribution in [0.4, 0.5) is 5.69 Å². The molecule has 0 atom stereocenters. The van der Waals surface area contributed by atoms with Crippen molar-refractivity contribution in [1.29, 1.82) is 0 Å². The summed E-state index contributed by atoms with van der Waals surface area (Å²) >= 11 is 19.2. The van der Waals surface area contributed by atoms with Crippen LogP contribution in [-0.4, -0.2) is 8.42 Å². The first kappa shape index (κ1) is 15.6. The van der Waals surface area contributed by atoms with Crippen LogP contribution in [0.15, 0.2) is 36.7 Å². The highest BCUT2D eigenvalue weighted by Crippen LogP contribution is 2.37. The second kappa shape index (κ2) is 5.91. The van der Waals surface area contributed by atoms with E-state index in [1.165, 1.54) is 6.07 Å². The van der Waals surface area contributed by atoms with E-state index in [9.17, 15) is 8.42 Å². The fraction of sp³-hybridized carbons (Fsp3) is 0. The molecule has 1 aromatic carbocycles. The molecule has 1 N–H and O–H groups in total. The Kier molecular flexibility index (Phi) is 4.85. The molecule has 0 radical (unpaired) electrons. The zero-order valence-corrected chi connectivity index (χ0v) is 15.3. The second-order valence-electron chi connectivity index (χ2n) is 3.39. The lowest BCUT2D eigenvalue weighted by Crippen LogP contribution is -2.11.